The van der Waals surface area contributed by atoms with Crippen LogP contribution in [0.1, 0.15) is 23.2 Å². The fourth-order valence-corrected chi connectivity index (χ4v) is 3.42. The Morgan fingerprint density at radius 3 is 2.67 bits per heavy atom. The third-order valence-electron chi connectivity index (χ3n) is 4.42. The minimum Gasteiger partial charge on any atom is -0.469 e. The van der Waals surface area contributed by atoms with Crippen LogP contribution in [0.15, 0.2) is 30.3 Å². The minimum atomic E-state index is -0.413. The van der Waals surface area contributed by atoms with Crippen LogP contribution < -0.4 is 5.32 Å². The number of carbonyl (C=O) groups excluding carboxylic acids is 2. The van der Waals surface area contributed by atoms with Gasteiger partial charge in [-0.15, -0.1) is 0 Å². The molecule has 5 heteroatoms. The van der Waals surface area contributed by atoms with E-state index in [0.717, 1.165) is 13.0 Å². The minimum absolute atomic E-state index is 0.185. The van der Waals surface area contributed by atoms with Gasteiger partial charge in [0.25, 0.3) is 0 Å². The average Bonchev–Trinajstić information content (AvgIpc) is 2.89. The van der Waals surface area contributed by atoms with Gasteiger partial charge < -0.3 is 14.8 Å². The van der Waals surface area contributed by atoms with Crippen LogP contribution in [0.4, 0.5) is 0 Å². The number of benzene rings is 1. The van der Waals surface area contributed by atoms with Crippen LogP contribution in [-0.4, -0.2) is 37.7 Å². The zero-order valence-corrected chi connectivity index (χ0v) is 12.0. The van der Waals surface area contributed by atoms with Crippen molar-refractivity contribution in [2.75, 3.05) is 13.7 Å². The van der Waals surface area contributed by atoms with E-state index in [4.69, 9.17) is 9.47 Å². The number of nitrogens with one attached hydrogen (secondary N) is 1. The summed E-state index contributed by atoms with van der Waals surface area (Å²) in [6.07, 6.45) is 1.19. The average molecular weight is 289 g/mol. The zero-order chi connectivity index (χ0) is 14.8. The Morgan fingerprint density at radius 2 is 1.95 bits per heavy atom. The molecule has 2 bridgehead atoms. The van der Waals surface area contributed by atoms with Gasteiger partial charge in [0.15, 0.2) is 0 Å². The number of hydrogen-bond donors (Lipinski definition) is 1. The lowest BCUT2D eigenvalue weighted by molar-refractivity contribution is -0.153. The highest BCUT2D eigenvalue weighted by Gasteiger charge is 2.47. The van der Waals surface area contributed by atoms with Crippen LogP contribution in [-0.2, 0) is 14.3 Å². The predicted octanol–water partition coefficient (Wildman–Crippen LogP) is 1.38. The lowest BCUT2D eigenvalue weighted by Gasteiger charge is -2.33. The summed E-state index contributed by atoms with van der Waals surface area (Å²) in [4.78, 5) is 24.3. The molecule has 1 aliphatic carbocycles. The molecule has 1 N–H and O–H groups in total. The number of rotatable bonds is 3. The molecule has 0 aromatic heterocycles. The molecular formula is C16H19NO4. The van der Waals surface area contributed by atoms with E-state index in [1.807, 2.05) is 6.07 Å². The van der Waals surface area contributed by atoms with Crippen LogP contribution in [0.5, 0.6) is 0 Å². The number of carbonyl (C=O) groups is 2. The largest absolute Gasteiger partial charge is 0.469 e. The summed E-state index contributed by atoms with van der Waals surface area (Å²) in [5.74, 6) is -0.845. The Kier molecular flexibility index (Phi) is 3.92. The fraction of sp³-hybridized carbons (Fsp3) is 0.500. The van der Waals surface area contributed by atoms with Crippen LogP contribution in [0.2, 0.25) is 0 Å². The van der Waals surface area contributed by atoms with Crippen molar-refractivity contribution in [1.29, 1.82) is 0 Å². The third-order valence-corrected chi connectivity index (χ3v) is 4.42. The van der Waals surface area contributed by atoms with Gasteiger partial charge in [-0.25, -0.2) is 4.79 Å². The van der Waals surface area contributed by atoms with Gasteiger partial charge in [-0.3, -0.25) is 4.79 Å². The summed E-state index contributed by atoms with van der Waals surface area (Å²) >= 11 is 0. The first kappa shape index (κ1) is 14.1. The van der Waals surface area contributed by atoms with E-state index in [0.29, 0.717) is 18.0 Å². The van der Waals surface area contributed by atoms with Gasteiger partial charge >= 0.3 is 11.9 Å². The van der Waals surface area contributed by atoms with E-state index in [2.05, 4.69) is 5.32 Å². The van der Waals surface area contributed by atoms with Crippen molar-refractivity contribution in [1.82, 2.24) is 5.32 Å². The monoisotopic (exact) mass is 289 g/mol. The number of esters is 2. The molecule has 3 unspecified atom stereocenters. The van der Waals surface area contributed by atoms with Crippen LogP contribution in [0.3, 0.4) is 0 Å². The Bertz CT molecular complexity index is 530. The maximum Gasteiger partial charge on any atom is 0.338 e. The number of methoxy groups -OCH3 is 1. The molecule has 1 heterocycles. The van der Waals surface area contributed by atoms with Crippen molar-refractivity contribution in [2.45, 2.75) is 25.0 Å². The van der Waals surface area contributed by atoms with Gasteiger partial charge in [0, 0.05) is 12.5 Å². The maximum atomic E-state index is 12.2. The lowest BCUT2D eigenvalue weighted by atomic mass is 9.78. The van der Waals surface area contributed by atoms with Gasteiger partial charge in [-0.2, -0.15) is 0 Å². The zero-order valence-electron chi connectivity index (χ0n) is 12.0. The second-order valence-corrected chi connectivity index (χ2v) is 5.70. The second-order valence-electron chi connectivity index (χ2n) is 5.70. The maximum absolute atomic E-state index is 12.2. The van der Waals surface area contributed by atoms with Gasteiger partial charge in [0.05, 0.1) is 18.6 Å². The first-order valence-corrected chi connectivity index (χ1v) is 7.26. The highest BCUT2D eigenvalue weighted by Crippen LogP contribution is 2.37. The molecule has 112 valence electrons. The van der Waals surface area contributed by atoms with Crippen molar-refractivity contribution in [3.05, 3.63) is 35.9 Å². The summed E-state index contributed by atoms with van der Waals surface area (Å²) < 4.78 is 10.5. The standard InChI is InChI=1S/C16H19NO4/c1-20-16(19)14-11-7-12(17-9-11)8-13(14)21-15(18)10-5-3-2-4-6-10/h2-6,11-14,17H,7-9H2,1H3/t11?,12-,13?,14?/m1/s1. The molecule has 5 nitrogen and oxygen atoms in total. The number of ether oxygens (including phenoxy) is 2. The van der Waals surface area contributed by atoms with Gasteiger partial charge in [0.1, 0.15) is 6.10 Å². The first-order valence-electron chi connectivity index (χ1n) is 7.26. The molecule has 1 saturated carbocycles. The van der Waals surface area contributed by atoms with Crippen molar-refractivity contribution in [3.63, 3.8) is 0 Å². The molecule has 21 heavy (non-hydrogen) atoms. The number of hydrogen-bond acceptors (Lipinski definition) is 5. The quantitative estimate of drug-likeness (QED) is 0.852. The molecule has 1 saturated heterocycles. The molecule has 2 aliphatic rings. The molecular weight excluding hydrogens is 270 g/mol. The summed E-state index contributed by atoms with van der Waals surface area (Å²) in [5, 5.41) is 3.37. The summed E-state index contributed by atoms with van der Waals surface area (Å²) in [7, 11) is 1.38. The Balaban J connectivity index is 1.76. The Morgan fingerprint density at radius 1 is 1.19 bits per heavy atom. The molecule has 0 radical (unpaired) electrons. The topological polar surface area (TPSA) is 64.6 Å². The van der Waals surface area contributed by atoms with Gasteiger partial charge in [-0.05, 0) is 31.0 Å². The van der Waals surface area contributed by atoms with E-state index in [9.17, 15) is 9.59 Å². The Labute approximate surface area is 123 Å². The summed E-state index contributed by atoms with van der Waals surface area (Å²) in [6.45, 7) is 0.782. The normalized spacial score (nSPS) is 30.7. The van der Waals surface area contributed by atoms with Crippen molar-refractivity contribution in [3.8, 4) is 0 Å². The SMILES string of the molecule is COC(=O)C1C2CN[C@H](C2)CC1OC(=O)c1ccccc1. The van der Waals surface area contributed by atoms with E-state index in [1.54, 1.807) is 24.3 Å². The highest BCUT2D eigenvalue weighted by molar-refractivity contribution is 5.89. The van der Waals surface area contributed by atoms with E-state index in [-0.39, 0.29) is 23.8 Å². The lowest BCUT2D eigenvalue weighted by Crippen LogP contribution is -2.43. The van der Waals surface area contributed by atoms with Crippen LogP contribution in [0, 0.1) is 11.8 Å². The van der Waals surface area contributed by atoms with E-state index in [1.165, 1.54) is 7.11 Å². The predicted molar refractivity (Wildman–Crippen MR) is 75.7 cm³/mol. The fourth-order valence-electron chi connectivity index (χ4n) is 3.42. The molecule has 1 aromatic carbocycles. The van der Waals surface area contributed by atoms with Crippen molar-refractivity contribution < 1.29 is 19.1 Å². The molecule has 1 aromatic rings. The van der Waals surface area contributed by atoms with Crippen LogP contribution in [0.25, 0.3) is 0 Å². The van der Waals surface area contributed by atoms with Gasteiger partial charge in [0.2, 0.25) is 0 Å². The third kappa shape index (κ3) is 2.78. The van der Waals surface area contributed by atoms with Crippen molar-refractivity contribution in [2.24, 2.45) is 11.8 Å². The molecule has 3 rings (SSSR count). The summed E-state index contributed by atoms with van der Waals surface area (Å²) in [6, 6.07) is 9.18. The second kappa shape index (κ2) is 5.85. The molecule has 2 fully saturated rings. The Hall–Kier alpha value is -1.88. The van der Waals surface area contributed by atoms with E-state index >= 15 is 0 Å². The molecule has 0 spiro atoms. The molecule has 1 aliphatic heterocycles. The first-order chi connectivity index (χ1) is 10.2. The molecule has 0 amide bonds. The van der Waals surface area contributed by atoms with Gasteiger partial charge in [-0.1, -0.05) is 18.2 Å². The smallest absolute Gasteiger partial charge is 0.338 e. The van der Waals surface area contributed by atoms with Crippen LogP contribution >= 0.6 is 0 Å². The highest BCUT2D eigenvalue weighted by atomic mass is 16.6. The van der Waals surface area contributed by atoms with E-state index < -0.39 is 6.10 Å². The molecule has 4 atom stereocenters. The summed E-state index contributed by atoms with van der Waals surface area (Å²) in [5.41, 5.74) is 0.506. The van der Waals surface area contributed by atoms with Crippen molar-refractivity contribution >= 4 is 11.9 Å². The number of fused-ring (bicyclic) bond motifs is 2.